The van der Waals surface area contributed by atoms with Crippen molar-refractivity contribution in [1.29, 1.82) is 5.26 Å². The van der Waals surface area contributed by atoms with Crippen molar-refractivity contribution in [3.05, 3.63) is 41.0 Å². The fourth-order valence-electron chi connectivity index (χ4n) is 9.12. The van der Waals surface area contributed by atoms with Crippen LogP contribution in [0.2, 0.25) is 0 Å². The molecule has 5 unspecified atom stereocenters. The van der Waals surface area contributed by atoms with E-state index in [4.69, 9.17) is 15.2 Å². The highest BCUT2D eigenvalue weighted by Gasteiger charge is 2.63. The molecule has 5 atom stereocenters. The molecule has 19 heteroatoms. The second kappa shape index (κ2) is 14.1. The van der Waals surface area contributed by atoms with E-state index in [0.29, 0.717) is 30.4 Å². The van der Waals surface area contributed by atoms with Gasteiger partial charge < -0.3 is 25.0 Å². The van der Waals surface area contributed by atoms with Crippen LogP contribution in [0, 0.1) is 28.9 Å². The molecule has 2 N–H and O–H groups in total. The Balaban J connectivity index is 1.31. The number of alkyl halides is 6. The third-order valence-corrected chi connectivity index (χ3v) is 12.9. The predicted molar refractivity (Wildman–Crippen MR) is 195 cm³/mol. The smallest absolute Gasteiger partial charge is 0.417 e. The zero-order valence-electron chi connectivity index (χ0n) is 30.7. The van der Waals surface area contributed by atoms with Gasteiger partial charge in [-0.2, -0.15) is 28.4 Å². The molecule has 1 amide bonds. The molecule has 3 saturated heterocycles. The van der Waals surface area contributed by atoms with E-state index in [9.17, 15) is 23.2 Å². The Hall–Kier alpha value is -4.54. The van der Waals surface area contributed by atoms with E-state index in [0.717, 1.165) is 18.6 Å². The molecule has 57 heavy (non-hydrogen) atoms. The number of likely N-dealkylation sites (N-methyl/N-ethyl adjacent to an activating group) is 1. The maximum atomic E-state index is 17.4. The highest BCUT2D eigenvalue weighted by atomic mass is 32.1. The number of hydrogen-bond donors (Lipinski definition) is 1. The molecule has 2 aromatic heterocycles. The van der Waals surface area contributed by atoms with Gasteiger partial charge in [-0.25, -0.2) is 22.0 Å². The van der Waals surface area contributed by atoms with Gasteiger partial charge in [0.05, 0.1) is 40.1 Å². The minimum absolute atomic E-state index is 0.00868. The van der Waals surface area contributed by atoms with Crippen LogP contribution in [0.5, 0.6) is 6.01 Å². The van der Waals surface area contributed by atoms with Gasteiger partial charge >= 0.3 is 12.2 Å². The van der Waals surface area contributed by atoms with Crippen molar-refractivity contribution >= 4 is 49.1 Å². The minimum Gasteiger partial charge on any atom is -0.461 e. The molecule has 8 rings (SSSR count). The van der Waals surface area contributed by atoms with Gasteiger partial charge in [0.15, 0.2) is 5.82 Å². The van der Waals surface area contributed by atoms with E-state index < -0.39 is 94.0 Å². The number of anilines is 2. The number of hydrogen-bond acceptors (Lipinski definition) is 10. The van der Waals surface area contributed by atoms with Crippen molar-refractivity contribution in [2.24, 2.45) is 5.92 Å². The molecule has 304 valence electrons. The van der Waals surface area contributed by atoms with Crippen LogP contribution in [0.25, 0.3) is 32.1 Å². The number of amides is 1. The summed E-state index contributed by atoms with van der Waals surface area (Å²) in [6.45, 7) is 2.34. The molecular weight excluding hydrogens is 787 g/mol. The largest absolute Gasteiger partial charge is 0.461 e. The summed E-state index contributed by atoms with van der Waals surface area (Å²) < 4.78 is 132. The number of methoxy groups -OCH3 is 1. The first-order valence-electron chi connectivity index (χ1n) is 18.5. The van der Waals surface area contributed by atoms with Crippen LogP contribution in [0.15, 0.2) is 18.2 Å². The number of thiophene rings is 1. The third-order valence-electron chi connectivity index (χ3n) is 11.8. The normalized spacial score (nSPS) is 25.7. The van der Waals surface area contributed by atoms with Gasteiger partial charge in [0.25, 0.3) is 5.92 Å². The number of nitriles is 1. The van der Waals surface area contributed by atoms with Crippen LogP contribution in [-0.4, -0.2) is 102 Å². The molecule has 0 radical (unpaired) electrons. The van der Waals surface area contributed by atoms with Crippen LogP contribution in [0.4, 0.5) is 45.9 Å². The van der Waals surface area contributed by atoms with E-state index in [-0.39, 0.29) is 77.5 Å². The first kappa shape index (κ1) is 39.3. The summed E-state index contributed by atoms with van der Waals surface area (Å²) in [5.41, 5.74) is 1.43. The molecule has 0 spiro atoms. The average molecular weight is 824 g/mol. The fraction of sp³-hybridized carbons (Fsp3) is 0.526. The fourth-order valence-corrected chi connectivity index (χ4v) is 10.1. The van der Waals surface area contributed by atoms with Crippen molar-refractivity contribution in [1.82, 2.24) is 19.8 Å². The molecule has 4 fully saturated rings. The number of aromatic nitrogens is 2. The van der Waals surface area contributed by atoms with Crippen molar-refractivity contribution in [2.75, 3.05) is 57.1 Å². The molecule has 10 nitrogen and oxygen atoms in total. The first-order valence-corrected chi connectivity index (χ1v) is 19.3. The number of likely N-dealkylation sites (tertiary alicyclic amines) is 1. The Kier molecular flexibility index (Phi) is 9.71. The summed E-state index contributed by atoms with van der Waals surface area (Å²) in [5, 5.41) is 9.05. The molecule has 2 aromatic carbocycles. The highest BCUT2D eigenvalue weighted by Crippen LogP contribution is 2.51. The maximum Gasteiger partial charge on any atom is 0.417 e. The second-order valence-electron chi connectivity index (χ2n) is 15.2. The maximum absolute atomic E-state index is 17.4. The standard InChI is InChI=1S/C38H37F8N7O3S/c1-3-52(19-9-20(16-55-2)53(15-19)34(54)25-12-37(25,42)43)33-22-10-24(38(44,45)46)28(21-5-6-26(40)31-27(21)23(13-47)32(48)57-31)29(41)30(22)49-35(50-33)56-17-36-7-4-8-51(36)14-18(39)11-36/h5-6,10,18-20,25H,3-4,7-9,11-12,14-17,48H2,1-2H3. The number of nitrogens with zero attached hydrogens (tertiary/aromatic N) is 6. The van der Waals surface area contributed by atoms with Crippen molar-refractivity contribution in [3.63, 3.8) is 0 Å². The average Bonchev–Trinajstić information content (AvgIpc) is 3.58. The number of nitrogens with two attached hydrogens (primary N) is 1. The highest BCUT2D eigenvalue weighted by molar-refractivity contribution is 7.23. The lowest BCUT2D eigenvalue weighted by molar-refractivity contribution is -0.137. The first-order chi connectivity index (χ1) is 27.0. The van der Waals surface area contributed by atoms with Gasteiger partial charge in [0.2, 0.25) is 5.91 Å². The number of benzene rings is 2. The van der Waals surface area contributed by atoms with Gasteiger partial charge in [-0.15, -0.1) is 11.3 Å². The number of ether oxygens (including phenoxy) is 2. The Morgan fingerprint density at radius 3 is 2.61 bits per heavy atom. The van der Waals surface area contributed by atoms with Crippen molar-refractivity contribution in [2.45, 2.75) is 74.9 Å². The van der Waals surface area contributed by atoms with Crippen LogP contribution in [0.1, 0.15) is 50.2 Å². The molecule has 1 saturated carbocycles. The van der Waals surface area contributed by atoms with E-state index in [1.807, 2.05) is 4.90 Å². The van der Waals surface area contributed by atoms with Gasteiger partial charge in [0, 0.05) is 55.9 Å². The third kappa shape index (κ3) is 6.57. The summed E-state index contributed by atoms with van der Waals surface area (Å²) in [5.74, 6) is -7.94. The van der Waals surface area contributed by atoms with E-state index in [2.05, 4.69) is 9.97 Å². The van der Waals surface area contributed by atoms with Crippen molar-refractivity contribution < 1.29 is 49.4 Å². The zero-order valence-corrected chi connectivity index (χ0v) is 31.6. The molecule has 3 aliphatic heterocycles. The van der Waals surface area contributed by atoms with Crippen LogP contribution in [0.3, 0.4) is 0 Å². The Morgan fingerprint density at radius 1 is 1.19 bits per heavy atom. The number of nitrogen functional groups attached to an aromatic ring is 1. The summed E-state index contributed by atoms with van der Waals surface area (Å²) in [7, 11) is 1.39. The monoisotopic (exact) mass is 823 g/mol. The van der Waals surface area contributed by atoms with Gasteiger partial charge in [0.1, 0.15) is 46.9 Å². The quantitative estimate of drug-likeness (QED) is 0.164. The van der Waals surface area contributed by atoms with Gasteiger partial charge in [-0.05, 0) is 50.4 Å². The SMILES string of the molecule is CCN(c1nc(OCC23CCCN2CC(F)C3)nc2c(F)c(-c3ccc(F)c4sc(N)c(C#N)c34)c(C(F)(F)F)cc12)C1CC(COC)N(C(=O)C2CC2(F)F)C1. The molecule has 5 heterocycles. The second-order valence-corrected chi connectivity index (χ2v) is 16.3. The zero-order chi connectivity index (χ0) is 40.8. The number of carbonyl (C=O) groups is 1. The minimum atomic E-state index is -5.21. The summed E-state index contributed by atoms with van der Waals surface area (Å²) in [4.78, 5) is 27.0. The van der Waals surface area contributed by atoms with E-state index >= 15 is 22.0 Å². The Morgan fingerprint density at radius 2 is 1.95 bits per heavy atom. The molecule has 4 aliphatic rings. The number of halogens is 8. The van der Waals surface area contributed by atoms with Gasteiger partial charge in [-0.1, -0.05) is 6.07 Å². The van der Waals surface area contributed by atoms with Crippen LogP contribution < -0.4 is 15.4 Å². The van der Waals surface area contributed by atoms with Crippen LogP contribution >= 0.6 is 11.3 Å². The number of fused-ring (bicyclic) bond motifs is 3. The Labute approximate surface area is 325 Å². The summed E-state index contributed by atoms with van der Waals surface area (Å²) in [6, 6.07) is 2.52. The van der Waals surface area contributed by atoms with E-state index in [1.165, 1.54) is 12.0 Å². The summed E-state index contributed by atoms with van der Waals surface area (Å²) >= 11 is 0.639. The number of rotatable bonds is 10. The van der Waals surface area contributed by atoms with Crippen molar-refractivity contribution in [3.8, 4) is 23.2 Å². The number of carbonyl (C=O) groups excluding carboxylic acids is 1. The molecule has 4 aromatic rings. The topological polar surface area (TPSA) is 121 Å². The molecule has 0 bridgehead atoms. The lowest BCUT2D eigenvalue weighted by Crippen LogP contribution is -2.43. The predicted octanol–water partition coefficient (Wildman–Crippen LogP) is 7.31. The van der Waals surface area contributed by atoms with Crippen LogP contribution in [-0.2, 0) is 15.7 Å². The lowest BCUT2D eigenvalue weighted by atomic mass is 9.92. The molecule has 1 aliphatic carbocycles. The Bertz CT molecular complexity index is 2320. The summed E-state index contributed by atoms with van der Waals surface area (Å²) in [6.07, 6.45) is -5.23. The molecular formula is C38H37F8N7O3S. The van der Waals surface area contributed by atoms with Gasteiger partial charge in [-0.3, -0.25) is 9.69 Å². The lowest BCUT2D eigenvalue weighted by Gasteiger charge is -2.32. The van der Waals surface area contributed by atoms with E-state index in [1.54, 1.807) is 17.9 Å².